The number of hydrogen-bond donors (Lipinski definition) is 1. The van der Waals surface area contributed by atoms with Gasteiger partial charge in [-0.25, -0.2) is 4.79 Å². The van der Waals surface area contributed by atoms with Crippen LogP contribution in [0.15, 0.2) is 91.0 Å². The van der Waals surface area contributed by atoms with Crippen LogP contribution in [0, 0.1) is 11.8 Å². The van der Waals surface area contributed by atoms with Gasteiger partial charge in [0.25, 0.3) is 20.0 Å². The number of likely N-dealkylation sites (tertiary alicyclic amines) is 1. The first-order valence-corrected chi connectivity index (χ1v) is 19.7. The number of benzene rings is 3. The van der Waals surface area contributed by atoms with Crippen molar-refractivity contribution in [1.29, 1.82) is 0 Å². The lowest BCUT2D eigenvalue weighted by atomic mass is 9.82. The van der Waals surface area contributed by atoms with Gasteiger partial charge in [-0.05, 0) is 53.6 Å². The van der Waals surface area contributed by atoms with Crippen molar-refractivity contribution in [2.45, 2.75) is 76.1 Å². The predicted molar refractivity (Wildman–Crippen MR) is 195 cm³/mol. The lowest BCUT2D eigenvalue weighted by Crippen LogP contribution is -2.69. The van der Waals surface area contributed by atoms with Crippen molar-refractivity contribution in [3.05, 3.63) is 91.0 Å². The van der Waals surface area contributed by atoms with Gasteiger partial charge in [-0.1, -0.05) is 105 Å². The Labute approximate surface area is 302 Å². The molecule has 7 atom stereocenters. The smallest absolute Gasteiger partial charge is 0.328 e. The predicted octanol–water partition coefficient (Wildman–Crippen LogP) is 2.96. The van der Waals surface area contributed by atoms with Crippen LogP contribution in [0.2, 0.25) is 0 Å². The maximum Gasteiger partial charge on any atom is 0.328 e. The fourth-order valence-corrected chi connectivity index (χ4v) is 11.6. The van der Waals surface area contributed by atoms with Crippen LogP contribution in [-0.2, 0) is 37.8 Å². The molecule has 0 spiro atoms. The lowest BCUT2D eigenvalue weighted by molar-refractivity contribution is -0.302. The SMILES string of the molecule is COC(=O)[C@@H]1CCCCN1C(=O)C(=O)[C@]1(O)O[C@H]([C@H](C[C@@H](C)CO[Si](c2ccccc2)(c2ccccc2)c2ccccc2)OC)[C@@H](OC)C[C@H]1C. The second-order valence-electron chi connectivity index (χ2n) is 13.8. The third-order valence-electron chi connectivity index (χ3n) is 10.4. The molecule has 274 valence electrons. The van der Waals surface area contributed by atoms with E-state index in [0.717, 1.165) is 22.0 Å². The van der Waals surface area contributed by atoms with E-state index >= 15 is 0 Å². The van der Waals surface area contributed by atoms with Crippen molar-refractivity contribution in [3.63, 3.8) is 0 Å². The van der Waals surface area contributed by atoms with E-state index in [0.29, 0.717) is 25.9 Å². The molecular weight excluding hydrogens is 667 g/mol. The van der Waals surface area contributed by atoms with Gasteiger partial charge in [0.05, 0.1) is 19.3 Å². The molecule has 2 aliphatic rings. The zero-order valence-electron chi connectivity index (χ0n) is 30.2. The van der Waals surface area contributed by atoms with Crippen LogP contribution in [0.25, 0.3) is 0 Å². The van der Waals surface area contributed by atoms with Crippen molar-refractivity contribution in [3.8, 4) is 0 Å². The Morgan fingerprint density at radius 3 is 1.94 bits per heavy atom. The molecule has 3 aromatic rings. The molecule has 0 aromatic heterocycles. The first-order valence-electron chi connectivity index (χ1n) is 17.8. The molecule has 10 nitrogen and oxygen atoms in total. The maximum atomic E-state index is 13.9. The number of piperidine rings is 1. The van der Waals surface area contributed by atoms with Gasteiger partial charge >= 0.3 is 5.97 Å². The minimum atomic E-state index is -2.96. The average molecular weight is 718 g/mol. The standard InChI is InChI=1S/C40H51NO9Si/c1-28(27-49-51(30-17-9-6-10-18-30,31-19-11-7-12-20-31)32-21-13-8-14-22-32)25-34(46-3)36-35(47-4)26-29(2)40(45,50-36)37(42)38(43)41-24-16-15-23-33(41)39(44)48-5/h6-14,17-22,28-29,33-36,45H,15-16,23-27H2,1-5H3/t28-,29-,33+,34+,35+,36-,40-/m1/s1. The Morgan fingerprint density at radius 2 is 1.45 bits per heavy atom. The van der Waals surface area contributed by atoms with E-state index in [9.17, 15) is 19.5 Å². The number of nitrogens with zero attached hydrogens (tertiary/aromatic N) is 1. The van der Waals surface area contributed by atoms with Crippen LogP contribution in [-0.4, -0.2) is 101 Å². The molecule has 3 aromatic carbocycles. The van der Waals surface area contributed by atoms with E-state index in [1.807, 2.05) is 54.6 Å². The van der Waals surface area contributed by atoms with Crippen LogP contribution < -0.4 is 15.6 Å². The normalized spacial score (nSPS) is 25.1. The van der Waals surface area contributed by atoms with Crippen LogP contribution >= 0.6 is 0 Å². The number of rotatable bonds is 14. The summed E-state index contributed by atoms with van der Waals surface area (Å²) in [5.74, 6) is -5.94. The van der Waals surface area contributed by atoms with Crippen molar-refractivity contribution in [2.24, 2.45) is 11.8 Å². The van der Waals surface area contributed by atoms with E-state index < -0.39 is 62.0 Å². The number of hydrogen-bond acceptors (Lipinski definition) is 9. The molecule has 0 unspecified atom stereocenters. The number of esters is 1. The van der Waals surface area contributed by atoms with E-state index in [1.54, 1.807) is 21.1 Å². The summed E-state index contributed by atoms with van der Waals surface area (Å²) < 4.78 is 30.2. The summed E-state index contributed by atoms with van der Waals surface area (Å²) >= 11 is 0. The van der Waals surface area contributed by atoms with Crippen LogP contribution in [0.4, 0.5) is 0 Å². The summed E-state index contributed by atoms with van der Waals surface area (Å²) in [7, 11) is 1.41. The Balaban J connectivity index is 1.38. The fraction of sp³-hybridized carbons (Fsp3) is 0.475. The van der Waals surface area contributed by atoms with Crippen LogP contribution in [0.1, 0.15) is 46.0 Å². The van der Waals surface area contributed by atoms with Crippen molar-refractivity contribution < 1.29 is 42.9 Å². The Bertz CT molecular complexity index is 1500. The summed E-state index contributed by atoms with van der Waals surface area (Å²) in [5.41, 5.74) is 0. The van der Waals surface area contributed by atoms with Gasteiger partial charge < -0.3 is 33.4 Å². The summed E-state index contributed by atoms with van der Waals surface area (Å²) in [6.45, 7) is 4.32. The maximum absolute atomic E-state index is 13.9. The highest BCUT2D eigenvalue weighted by molar-refractivity contribution is 7.07. The molecular formula is C40H51NO9Si. The molecule has 2 heterocycles. The number of ether oxygens (including phenoxy) is 4. The van der Waals surface area contributed by atoms with E-state index in [4.69, 9.17) is 23.4 Å². The second-order valence-corrected chi connectivity index (χ2v) is 17.1. The van der Waals surface area contributed by atoms with Gasteiger partial charge in [0.2, 0.25) is 5.79 Å². The summed E-state index contributed by atoms with van der Waals surface area (Å²) in [6, 6.07) is 30.1. The first-order chi connectivity index (χ1) is 24.6. The van der Waals surface area contributed by atoms with E-state index in [-0.39, 0.29) is 18.9 Å². The Hall–Kier alpha value is -3.71. The monoisotopic (exact) mass is 717 g/mol. The van der Waals surface area contributed by atoms with Gasteiger partial charge in [-0.2, -0.15) is 0 Å². The molecule has 1 amide bonds. The molecule has 0 bridgehead atoms. The molecule has 2 aliphatic heterocycles. The summed E-state index contributed by atoms with van der Waals surface area (Å²) in [5, 5.41) is 15.2. The molecule has 51 heavy (non-hydrogen) atoms. The number of Topliss-reactive ketones (excluding diaryl/α,β-unsaturated/α-hetero) is 1. The molecule has 5 rings (SSSR count). The quantitative estimate of drug-likeness (QED) is 0.116. The molecule has 2 fully saturated rings. The van der Waals surface area contributed by atoms with Gasteiger partial charge in [0.1, 0.15) is 12.1 Å². The molecule has 1 N–H and O–H groups in total. The van der Waals surface area contributed by atoms with E-state index in [2.05, 4.69) is 43.3 Å². The van der Waals surface area contributed by atoms with Crippen LogP contribution in [0.5, 0.6) is 0 Å². The number of aliphatic hydroxyl groups is 1. The highest BCUT2D eigenvalue weighted by Gasteiger charge is 2.56. The lowest BCUT2D eigenvalue weighted by Gasteiger charge is -2.47. The summed E-state index contributed by atoms with van der Waals surface area (Å²) in [4.78, 5) is 41.2. The molecule has 11 heteroatoms. The summed E-state index contributed by atoms with van der Waals surface area (Å²) in [6.07, 6.45) is 0.405. The van der Waals surface area contributed by atoms with Gasteiger partial charge in [-0.15, -0.1) is 0 Å². The highest BCUT2D eigenvalue weighted by Crippen LogP contribution is 2.38. The highest BCUT2D eigenvalue weighted by atomic mass is 28.4. The third kappa shape index (κ3) is 8.04. The molecule has 0 radical (unpaired) electrons. The van der Waals surface area contributed by atoms with Gasteiger partial charge in [0.15, 0.2) is 0 Å². The number of methoxy groups -OCH3 is 3. The zero-order chi connectivity index (χ0) is 36.6. The van der Waals surface area contributed by atoms with E-state index in [1.165, 1.54) is 12.0 Å². The van der Waals surface area contributed by atoms with Gasteiger partial charge in [-0.3, -0.25) is 9.59 Å². The van der Waals surface area contributed by atoms with Crippen molar-refractivity contribution in [1.82, 2.24) is 4.90 Å². The van der Waals surface area contributed by atoms with Gasteiger partial charge in [0, 0.05) is 33.3 Å². The first kappa shape index (κ1) is 38.5. The number of carbonyl (C=O) groups is 3. The second kappa shape index (κ2) is 17.2. The fourth-order valence-electron chi connectivity index (χ4n) is 7.57. The van der Waals surface area contributed by atoms with Crippen molar-refractivity contribution >= 4 is 41.5 Å². The minimum absolute atomic E-state index is 0.0574. The Morgan fingerprint density at radius 1 is 0.902 bits per heavy atom. The Kier molecular flexibility index (Phi) is 13.0. The molecule has 0 aliphatic carbocycles. The zero-order valence-corrected chi connectivity index (χ0v) is 31.2. The number of ketones is 1. The number of amides is 1. The topological polar surface area (TPSA) is 121 Å². The minimum Gasteiger partial charge on any atom is -0.467 e. The molecule has 2 saturated heterocycles. The average Bonchev–Trinajstić information content (AvgIpc) is 3.18. The largest absolute Gasteiger partial charge is 0.467 e. The third-order valence-corrected chi connectivity index (χ3v) is 14.5. The van der Waals surface area contributed by atoms with Crippen molar-refractivity contribution in [2.75, 3.05) is 34.5 Å². The number of carbonyl (C=O) groups excluding carboxylic acids is 3. The molecule has 0 saturated carbocycles. The van der Waals surface area contributed by atoms with Crippen LogP contribution in [0.3, 0.4) is 0 Å².